The third kappa shape index (κ3) is 2.25. The van der Waals surface area contributed by atoms with Crippen LogP contribution in [0, 0.1) is 11.8 Å². The van der Waals surface area contributed by atoms with Gasteiger partial charge in [-0.05, 0) is 50.2 Å². The van der Waals surface area contributed by atoms with Gasteiger partial charge in [-0.3, -0.25) is 4.90 Å². The summed E-state index contributed by atoms with van der Waals surface area (Å²) < 4.78 is 0. The van der Waals surface area contributed by atoms with Gasteiger partial charge >= 0.3 is 0 Å². The third-order valence-electron chi connectivity index (χ3n) is 7.49. The van der Waals surface area contributed by atoms with E-state index in [-0.39, 0.29) is 5.54 Å². The van der Waals surface area contributed by atoms with Crippen LogP contribution in [-0.2, 0) is 0 Å². The lowest BCUT2D eigenvalue weighted by Gasteiger charge is -2.36. The molecule has 3 saturated heterocycles. The Labute approximate surface area is 164 Å². The average Bonchev–Trinajstić information content (AvgIpc) is 2.97. The van der Waals surface area contributed by atoms with Crippen molar-refractivity contribution in [2.75, 3.05) is 0 Å². The molecule has 1 aromatic rings. The van der Waals surface area contributed by atoms with Crippen LogP contribution in [0.3, 0.4) is 0 Å². The van der Waals surface area contributed by atoms with Gasteiger partial charge in [0, 0.05) is 27.8 Å². The maximum atomic E-state index is 6.72. The second-order valence-corrected chi connectivity index (χ2v) is 10.6. The zero-order valence-corrected chi connectivity index (χ0v) is 16.7. The van der Waals surface area contributed by atoms with Crippen molar-refractivity contribution in [3.63, 3.8) is 0 Å². The van der Waals surface area contributed by atoms with E-state index < -0.39 is 0 Å². The molecule has 4 nitrogen and oxygen atoms in total. The molecule has 0 radical (unpaired) electrons. The Morgan fingerprint density at radius 2 is 2.04 bits per heavy atom. The maximum Gasteiger partial charge on any atom is 0.0935 e. The summed E-state index contributed by atoms with van der Waals surface area (Å²) in [4.78, 5) is 2.75. The van der Waals surface area contributed by atoms with Crippen LogP contribution in [0.15, 0.2) is 24.3 Å². The zero-order chi connectivity index (χ0) is 17.5. The smallest absolute Gasteiger partial charge is 0.0935 e. The summed E-state index contributed by atoms with van der Waals surface area (Å²) in [6.07, 6.45) is 7.40. The Morgan fingerprint density at radius 3 is 2.85 bits per heavy atom. The van der Waals surface area contributed by atoms with Crippen LogP contribution in [-0.4, -0.2) is 33.4 Å². The fraction of sp³-hybridized carbons (Fsp3) is 0.700. The van der Waals surface area contributed by atoms with Gasteiger partial charge in [0.1, 0.15) is 0 Å². The molecule has 26 heavy (non-hydrogen) atoms. The molecule has 0 amide bonds. The highest BCUT2D eigenvalue weighted by Crippen LogP contribution is 2.61. The first-order valence-corrected chi connectivity index (χ1v) is 11.5. The predicted octanol–water partition coefficient (Wildman–Crippen LogP) is 3.46. The minimum Gasteiger partial charge on any atom is -0.301 e. The van der Waals surface area contributed by atoms with Crippen molar-refractivity contribution in [1.29, 1.82) is 0 Å². The Bertz CT molecular complexity index is 726. The van der Waals surface area contributed by atoms with Crippen molar-refractivity contribution in [2.45, 2.75) is 73.6 Å². The van der Waals surface area contributed by atoms with E-state index in [4.69, 9.17) is 11.6 Å². The number of nitrogens with one attached hydrogen (secondary N) is 3. The van der Waals surface area contributed by atoms with Gasteiger partial charge in [-0.15, -0.1) is 11.8 Å². The third-order valence-corrected chi connectivity index (χ3v) is 9.61. The largest absolute Gasteiger partial charge is 0.301 e. The number of rotatable bonds is 1. The number of fused-ring (bicyclic) bond motifs is 6. The summed E-state index contributed by atoms with van der Waals surface area (Å²) in [5.41, 5.74) is 8.65. The molecule has 6 rings (SSSR count). The number of thioether (sulfide) groups is 1. The van der Waals surface area contributed by atoms with Crippen LogP contribution in [0.1, 0.15) is 50.6 Å². The number of hydrazine groups is 1. The summed E-state index contributed by atoms with van der Waals surface area (Å²) >= 11 is 8.97. The molecule has 1 spiro atoms. The highest BCUT2D eigenvalue weighted by molar-refractivity contribution is 8.00. The Balaban J connectivity index is 1.49. The molecule has 2 aliphatic carbocycles. The van der Waals surface area contributed by atoms with Crippen molar-refractivity contribution in [3.05, 3.63) is 34.9 Å². The zero-order valence-electron chi connectivity index (χ0n) is 15.1. The molecule has 6 heteroatoms. The summed E-state index contributed by atoms with van der Waals surface area (Å²) in [6, 6.07) is 8.89. The van der Waals surface area contributed by atoms with E-state index in [9.17, 15) is 0 Å². The molecule has 1 aromatic carbocycles. The average molecular weight is 391 g/mol. The molecule has 0 aromatic heterocycles. The van der Waals surface area contributed by atoms with Crippen LogP contribution in [0.5, 0.6) is 0 Å². The molecule has 3 N–H and O–H groups in total. The van der Waals surface area contributed by atoms with E-state index >= 15 is 0 Å². The fourth-order valence-corrected chi connectivity index (χ4v) is 8.56. The van der Waals surface area contributed by atoms with E-state index in [2.05, 4.69) is 64.0 Å². The lowest BCUT2D eigenvalue weighted by atomic mass is 9.81. The first kappa shape index (κ1) is 16.6. The van der Waals surface area contributed by atoms with Gasteiger partial charge in [0.05, 0.1) is 17.7 Å². The maximum absolute atomic E-state index is 6.72. The van der Waals surface area contributed by atoms with Crippen molar-refractivity contribution < 1.29 is 0 Å². The molecule has 7 unspecified atom stereocenters. The Hall–Kier alpha value is -0.300. The van der Waals surface area contributed by atoms with Crippen LogP contribution < -0.4 is 16.2 Å². The van der Waals surface area contributed by atoms with Crippen LogP contribution in [0.25, 0.3) is 0 Å². The molecular formula is C20H27ClN4S. The van der Waals surface area contributed by atoms with Gasteiger partial charge in [0.25, 0.3) is 0 Å². The van der Waals surface area contributed by atoms with Crippen molar-refractivity contribution >= 4 is 23.4 Å². The number of hydrogen-bond acceptors (Lipinski definition) is 5. The first-order valence-electron chi connectivity index (χ1n) is 10.1. The lowest BCUT2D eigenvalue weighted by Crippen LogP contribution is -2.54. The lowest BCUT2D eigenvalue weighted by molar-refractivity contribution is 0.126. The van der Waals surface area contributed by atoms with Gasteiger partial charge in [-0.25, -0.2) is 10.9 Å². The predicted molar refractivity (Wildman–Crippen MR) is 107 cm³/mol. The van der Waals surface area contributed by atoms with Gasteiger partial charge in [0.15, 0.2) is 0 Å². The summed E-state index contributed by atoms with van der Waals surface area (Å²) in [7, 11) is 0. The van der Waals surface area contributed by atoms with Crippen molar-refractivity contribution in [1.82, 2.24) is 21.1 Å². The van der Waals surface area contributed by atoms with Crippen LogP contribution in [0.2, 0.25) is 5.02 Å². The van der Waals surface area contributed by atoms with E-state index in [1.807, 2.05) is 0 Å². The van der Waals surface area contributed by atoms with Crippen LogP contribution >= 0.6 is 23.4 Å². The SMILES string of the molecule is CC1NNC2N1C1SC3CCCC3C1C(c1ccccc1Cl)NC21CC1. The minimum absolute atomic E-state index is 0.181. The monoisotopic (exact) mass is 390 g/mol. The number of benzene rings is 1. The molecule has 5 aliphatic rings. The fourth-order valence-electron chi connectivity index (χ4n) is 6.14. The molecule has 3 aliphatic heterocycles. The van der Waals surface area contributed by atoms with E-state index in [0.717, 1.165) is 16.2 Å². The molecule has 2 saturated carbocycles. The number of nitrogens with zero attached hydrogens (tertiary/aromatic N) is 1. The summed E-state index contributed by atoms with van der Waals surface area (Å²) in [6.45, 7) is 2.31. The van der Waals surface area contributed by atoms with E-state index in [0.29, 0.717) is 29.7 Å². The van der Waals surface area contributed by atoms with Gasteiger partial charge in [0.2, 0.25) is 0 Å². The number of halogens is 1. The minimum atomic E-state index is 0.181. The second kappa shape index (κ2) is 5.85. The standard InChI is InChI=1S/C20H27ClN4S/c1-11-23-24-19-20(9-10-20)22-17(12-5-2-3-7-14(12)21)16-13-6-4-8-15(13)26-18(16)25(11)19/h2-3,5,7,11,13,15-19,22-24H,4,6,8-10H2,1H3. The summed E-state index contributed by atoms with van der Waals surface area (Å²) in [5, 5.41) is 6.46. The Kier molecular flexibility index (Phi) is 3.74. The van der Waals surface area contributed by atoms with Crippen LogP contribution in [0.4, 0.5) is 0 Å². The highest BCUT2D eigenvalue weighted by Gasteiger charge is 2.64. The van der Waals surface area contributed by atoms with Crippen molar-refractivity contribution in [3.8, 4) is 0 Å². The summed E-state index contributed by atoms with van der Waals surface area (Å²) in [5.74, 6) is 1.43. The Morgan fingerprint density at radius 1 is 1.19 bits per heavy atom. The normalized spacial score (nSPS) is 46.0. The quantitative estimate of drug-likeness (QED) is 0.685. The number of hydrogen-bond donors (Lipinski definition) is 3. The highest BCUT2D eigenvalue weighted by atomic mass is 35.5. The van der Waals surface area contributed by atoms with Crippen molar-refractivity contribution in [2.24, 2.45) is 11.8 Å². The molecule has 0 bridgehead atoms. The van der Waals surface area contributed by atoms with E-state index in [1.165, 1.54) is 37.7 Å². The topological polar surface area (TPSA) is 39.3 Å². The molecule has 3 heterocycles. The first-order chi connectivity index (χ1) is 12.7. The van der Waals surface area contributed by atoms with Gasteiger partial charge in [-0.2, -0.15) is 0 Å². The molecule has 5 fully saturated rings. The second-order valence-electron chi connectivity index (χ2n) is 8.85. The van der Waals surface area contributed by atoms with Gasteiger partial charge in [-0.1, -0.05) is 36.2 Å². The van der Waals surface area contributed by atoms with E-state index in [1.54, 1.807) is 0 Å². The molecular weight excluding hydrogens is 364 g/mol. The molecule has 140 valence electrons. The molecule has 7 atom stereocenters. The van der Waals surface area contributed by atoms with Gasteiger partial charge < -0.3 is 5.32 Å².